The number of hydrogen-bond donors (Lipinski definition) is 2. The Kier molecular flexibility index (Phi) is 1.60. The number of rotatable bonds is 1. The van der Waals surface area contributed by atoms with Crippen molar-refractivity contribution in [3.8, 4) is 0 Å². The number of nitrogens with one attached hydrogen (secondary N) is 1. The first-order chi connectivity index (χ1) is 3.83. The van der Waals surface area contributed by atoms with Crippen LogP contribution in [0.15, 0.2) is 0 Å². The average Bonchev–Trinajstić information content (AvgIpc) is 2.14. The lowest BCUT2D eigenvalue weighted by Crippen LogP contribution is -2.22. The molecule has 0 aliphatic carbocycles. The van der Waals surface area contributed by atoms with E-state index in [-0.39, 0.29) is 12.1 Å². The van der Waals surface area contributed by atoms with Crippen molar-refractivity contribution < 1.29 is 9.90 Å². The number of carbonyl (C=O) groups is 1. The Morgan fingerprint density at radius 2 is 2.50 bits per heavy atom. The van der Waals surface area contributed by atoms with E-state index in [2.05, 4.69) is 5.32 Å². The summed E-state index contributed by atoms with van der Waals surface area (Å²) < 4.78 is 0. The second kappa shape index (κ2) is 2.24. The number of aldehydes is 1. The summed E-state index contributed by atoms with van der Waals surface area (Å²) in [6.45, 7) is 0.559. The Morgan fingerprint density at radius 1 is 1.75 bits per heavy atom. The normalized spacial score (nSPS) is 37.6. The van der Waals surface area contributed by atoms with Gasteiger partial charge >= 0.3 is 0 Å². The summed E-state index contributed by atoms with van der Waals surface area (Å²) in [7, 11) is 0. The van der Waals surface area contributed by atoms with Crippen molar-refractivity contribution in [2.75, 3.05) is 6.54 Å². The largest absolute Gasteiger partial charge is 0.392 e. The van der Waals surface area contributed by atoms with Gasteiger partial charge in [-0.15, -0.1) is 0 Å². The summed E-state index contributed by atoms with van der Waals surface area (Å²) >= 11 is 0. The van der Waals surface area contributed by atoms with Crippen LogP contribution in [-0.2, 0) is 4.79 Å². The zero-order valence-electron chi connectivity index (χ0n) is 4.50. The zero-order valence-corrected chi connectivity index (χ0v) is 4.50. The predicted molar refractivity (Wildman–Crippen MR) is 28.5 cm³/mol. The third kappa shape index (κ3) is 1.05. The van der Waals surface area contributed by atoms with Gasteiger partial charge in [-0.2, -0.15) is 0 Å². The van der Waals surface area contributed by atoms with Crippen LogP contribution in [0.5, 0.6) is 0 Å². The lowest BCUT2D eigenvalue weighted by molar-refractivity contribution is -0.109. The predicted octanol–water partition coefficient (Wildman–Crippen LogP) is -1.09. The van der Waals surface area contributed by atoms with Gasteiger partial charge in [0.05, 0.1) is 12.1 Å². The van der Waals surface area contributed by atoms with Crippen molar-refractivity contribution >= 4 is 6.29 Å². The fraction of sp³-hybridized carbons (Fsp3) is 0.800. The third-order valence-electron chi connectivity index (χ3n) is 1.31. The van der Waals surface area contributed by atoms with Gasteiger partial charge in [0, 0.05) is 6.54 Å². The van der Waals surface area contributed by atoms with E-state index in [4.69, 9.17) is 5.11 Å². The second-order valence-corrected chi connectivity index (χ2v) is 2.04. The molecule has 0 bridgehead atoms. The molecule has 0 aromatic heterocycles. The highest BCUT2D eigenvalue weighted by Gasteiger charge is 2.20. The molecule has 0 radical (unpaired) electrons. The molecule has 1 aliphatic rings. The van der Waals surface area contributed by atoms with Crippen LogP contribution >= 0.6 is 0 Å². The number of aliphatic hydroxyl groups is 1. The molecule has 1 fully saturated rings. The number of aliphatic hydroxyl groups excluding tert-OH is 1. The molecule has 2 atom stereocenters. The first-order valence-corrected chi connectivity index (χ1v) is 2.69. The molecule has 0 saturated carbocycles. The molecule has 3 heteroatoms. The van der Waals surface area contributed by atoms with Crippen LogP contribution in [0.1, 0.15) is 6.42 Å². The van der Waals surface area contributed by atoms with Crippen LogP contribution in [0.3, 0.4) is 0 Å². The summed E-state index contributed by atoms with van der Waals surface area (Å²) in [6.07, 6.45) is 1.09. The Morgan fingerprint density at radius 3 is 2.75 bits per heavy atom. The summed E-state index contributed by atoms with van der Waals surface area (Å²) in [5, 5.41) is 11.6. The molecule has 8 heavy (non-hydrogen) atoms. The topological polar surface area (TPSA) is 49.3 Å². The lowest BCUT2D eigenvalue weighted by Gasteiger charge is -1.94. The molecule has 1 heterocycles. The molecule has 1 rings (SSSR count). The standard InChI is InChI=1S/C5H9NO2/c7-3-4-1-5(8)2-6-4/h3-6,8H,1-2H2/t4-,5-/m0/s1. The lowest BCUT2D eigenvalue weighted by atomic mass is 10.2. The summed E-state index contributed by atoms with van der Waals surface area (Å²) in [6, 6.07) is -0.106. The van der Waals surface area contributed by atoms with E-state index in [1.807, 2.05) is 0 Å². The Bertz CT molecular complexity index is 94.4. The molecular weight excluding hydrogens is 106 g/mol. The Hall–Kier alpha value is -0.410. The van der Waals surface area contributed by atoms with E-state index in [9.17, 15) is 4.79 Å². The quantitative estimate of drug-likeness (QED) is 0.427. The van der Waals surface area contributed by atoms with E-state index in [0.29, 0.717) is 13.0 Å². The second-order valence-electron chi connectivity index (χ2n) is 2.04. The van der Waals surface area contributed by atoms with Gasteiger partial charge in [0.1, 0.15) is 6.29 Å². The number of hydrogen-bond acceptors (Lipinski definition) is 3. The molecular formula is C5H9NO2. The van der Waals surface area contributed by atoms with E-state index in [0.717, 1.165) is 6.29 Å². The van der Waals surface area contributed by atoms with Gasteiger partial charge in [-0.1, -0.05) is 0 Å². The molecule has 46 valence electrons. The molecule has 0 aromatic rings. The smallest absolute Gasteiger partial charge is 0.136 e. The summed E-state index contributed by atoms with van der Waals surface area (Å²) in [4.78, 5) is 9.98. The zero-order chi connectivity index (χ0) is 5.98. The minimum Gasteiger partial charge on any atom is -0.392 e. The van der Waals surface area contributed by atoms with Gasteiger partial charge in [-0.05, 0) is 6.42 Å². The first-order valence-electron chi connectivity index (χ1n) is 2.69. The van der Waals surface area contributed by atoms with Gasteiger partial charge < -0.3 is 15.2 Å². The van der Waals surface area contributed by atoms with Crippen molar-refractivity contribution in [2.24, 2.45) is 0 Å². The molecule has 0 aromatic carbocycles. The maximum atomic E-state index is 9.98. The fourth-order valence-corrected chi connectivity index (χ4v) is 0.851. The highest BCUT2D eigenvalue weighted by Crippen LogP contribution is 2.02. The van der Waals surface area contributed by atoms with Crippen molar-refractivity contribution in [3.63, 3.8) is 0 Å². The van der Waals surface area contributed by atoms with Gasteiger partial charge in [0.15, 0.2) is 0 Å². The molecule has 3 nitrogen and oxygen atoms in total. The third-order valence-corrected chi connectivity index (χ3v) is 1.31. The van der Waals surface area contributed by atoms with Crippen LogP contribution in [0.25, 0.3) is 0 Å². The molecule has 2 N–H and O–H groups in total. The van der Waals surface area contributed by atoms with Gasteiger partial charge in [-0.3, -0.25) is 0 Å². The van der Waals surface area contributed by atoms with Crippen LogP contribution in [0.4, 0.5) is 0 Å². The number of carbonyl (C=O) groups excluding carboxylic acids is 1. The maximum absolute atomic E-state index is 9.98. The Labute approximate surface area is 47.7 Å². The first kappa shape index (κ1) is 5.72. The minimum atomic E-state index is -0.315. The van der Waals surface area contributed by atoms with Gasteiger partial charge in [-0.25, -0.2) is 0 Å². The van der Waals surface area contributed by atoms with Crippen molar-refractivity contribution in [3.05, 3.63) is 0 Å². The minimum absolute atomic E-state index is 0.106. The molecule has 1 aliphatic heterocycles. The number of β-amino-alcohol motifs (C(OH)–C–C–N with tert-alkyl or cyclic N) is 1. The van der Waals surface area contributed by atoms with Crippen LogP contribution in [-0.4, -0.2) is 30.1 Å². The van der Waals surface area contributed by atoms with Crippen molar-refractivity contribution in [2.45, 2.75) is 18.6 Å². The molecule has 0 unspecified atom stereocenters. The van der Waals surface area contributed by atoms with E-state index in [1.54, 1.807) is 0 Å². The summed E-state index contributed by atoms with van der Waals surface area (Å²) in [5.74, 6) is 0. The molecule has 0 spiro atoms. The summed E-state index contributed by atoms with van der Waals surface area (Å²) in [5.41, 5.74) is 0. The monoisotopic (exact) mass is 115 g/mol. The van der Waals surface area contributed by atoms with Crippen LogP contribution in [0, 0.1) is 0 Å². The maximum Gasteiger partial charge on any atom is 0.136 e. The van der Waals surface area contributed by atoms with Crippen molar-refractivity contribution in [1.82, 2.24) is 5.32 Å². The van der Waals surface area contributed by atoms with Crippen LogP contribution in [0.2, 0.25) is 0 Å². The molecule has 0 amide bonds. The van der Waals surface area contributed by atoms with Gasteiger partial charge in [0.2, 0.25) is 0 Å². The SMILES string of the molecule is O=C[C@@H]1C[C@H](O)CN1. The average molecular weight is 115 g/mol. The van der Waals surface area contributed by atoms with E-state index in [1.165, 1.54) is 0 Å². The highest BCUT2D eigenvalue weighted by atomic mass is 16.3. The van der Waals surface area contributed by atoms with Crippen molar-refractivity contribution in [1.29, 1.82) is 0 Å². The highest BCUT2D eigenvalue weighted by molar-refractivity contribution is 5.58. The van der Waals surface area contributed by atoms with Gasteiger partial charge in [0.25, 0.3) is 0 Å². The van der Waals surface area contributed by atoms with Crippen LogP contribution < -0.4 is 5.32 Å². The van der Waals surface area contributed by atoms with E-state index >= 15 is 0 Å². The Balaban J connectivity index is 2.32. The molecule has 1 saturated heterocycles. The fourth-order valence-electron chi connectivity index (χ4n) is 0.851. The van der Waals surface area contributed by atoms with E-state index < -0.39 is 0 Å².